The topological polar surface area (TPSA) is 53.4 Å². The number of thiophene rings is 1. The molecule has 3 rings (SSSR count). The Morgan fingerprint density at radius 1 is 1.39 bits per heavy atom. The molecule has 1 saturated heterocycles. The second kappa shape index (κ2) is 7.55. The van der Waals surface area contributed by atoms with Gasteiger partial charge in [0.25, 0.3) is 0 Å². The third-order valence-electron chi connectivity index (χ3n) is 4.47. The van der Waals surface area contributed by atoms with Gasteiger partial charge in [-0.1, -0.05) is 6.92 Å². The molecule has 0 spiro atoms. The number of hydrogen-bond acceptors (Lipinski definition) is 5. The minimum Gasteiger partial charge on any atom is -0.477 e. The molecule has 0 unspecified atom stereocenters. The van der Waals surface area contributed by atoms with Crippen molar-refractivity contribution in [3.8, 4) is 0 Å². The van der Waals surface area contributed by atoms with Crippen LogP contribution in [0.4, 0.5) is 0 Å². The Labute approximate surface area is 144 Å². The van der Waals surface area contributed by atoms with Gasteiger partial charge in [-0.3, -0.25) is 4.90 Å². The molecule has 6 heteroatoms. The summed E-state index contributed by atoms with van der Waals surface area (Å²) in [6.07, 6.45) is 4.46. The smallest absolute Gasteiger partial charge is 0.346 e. The SMILES string of the molecule is CCc1csc(CC2CCN(Cc3ccsc3C(=O)O)CC2)n1. The second-order valence-corrected chi connectivity index (χ2v) is 7.95. The zero-order valence-corrected chi connectivity index (χ0v) is 15.0. The Morgan fingerprint density at radius 3 is 2.83 bits per heavy atom. The molecule has 0 atom stereocenters. The molecule has 0 amide bonds. The van der Waals surface area contributed by atoms with Crippen LogP contribution in [0, 0.1) is 5.92 Å². The first-order chi connectivity index (χ1) is 11.2. The third-order valence-corrected chi connectivity index (χ3v) is 6.33. The van der Waals surface area contributed by atoms with E-state index in [1.807, 2.05) is 11.4 Å². The van der Waals surface area contributed by atoms with Crippen LogP contribution in [-0.2, 0) is 19.4 Å². The lowest BCUT2D eigenvalue weighted by Crippen LogP contribution is -2.34. The Kier molecular flexibility index (Phi) is 5.46. The van der Waals surface area contributed by atoms with Crippen molar-refractivity contribution >= 4 is 28.6 Å². The lowest BCUT2D eigenvalue weighted by Gasteiger charge is -2.31. The molecule has 23 heavy (non-hydrogen) atoms. The Morgan fingerprint density at radius 2 is 2.17 bits per heavy atom. The number of piperidine rings is 1. The van der Waals surface area contributed by atoms with Crippen LogP contribution in [0.1, 0.15) is 45.7 Å². The fourth-order valence-electron chi connectivity index (χ4n) is 3.09. The fourth-order valence-corrected chi connectivity index (χ4v) is 4.84. The van der Waals surface area contributed by atoms with Crippen molar-refractivity contribution in [1.29, 1.82) is 0 Å². The molecule has 4 nitrogen and oxygen atoms in total. The van der Waals surface area contributed by atoms with E-state index in [0.717, 1.165) is 38.0 Å². The summed E-state index contributed by atoms with van der Waals surface area (Å²) in [6, 6.07) is 1.95. The van der Waals surface area contributed by atoms with Gasteiger partial charge >= 0.3 is 5.97 Å². The van der Waals surface area contributed by atoms with E-state index in [2.05, 4.69) is 22.2 Å². The predicted molar refractivity (Wildman–Crippen MR) is 94.5 cm³/mol. The van der Waals surface area contributed by atoms with Crippen LogP contribution < -0.4 is 0 Å². The monoisotopic (exact) mass is 350 g/mol. The van der Waals surface area contributed by atoms with Crippen molar-refractivity contribution < 1.29 is 9.90 Å². The number of rotatable bonds is 6. The lowest BCUT2D eigenvalue weighted by molar-refractivity contribution is 0.0699. The van der Waals surface area contributed by atoms with Crippen molar-refractivity contribution in [1.82, 2.24) is 9.88 Å². The van der Waals surface area contributed by atoms with Gasteiger partial charge in [-0.05, 0) is 55.3 Å². The van der Waals surface area contributed by atoms with Crippen LogP contribution in [0.15, 0.2) is 16.8 Å². The number of carboxylic acids is 1. The standard InChI is InChI=1S/C17H22N2O2S2/c1-2-14-11-23-15(18-14)9-12-3-6-19(7-4-12)10-13-5-8-22-16(13)17(20)21/h5,8,11-12H,2-4,6-7,9-10H2,1H3,(H,20,21). The first-order valence-electron chi connectivity index (χ1n) is 8.11. The van der Waals surface area contributed by atoms with Crippen molar-refractivity contribution in [2.45, 2.75) is 39.2 Å². The van der Waals surface area contributed by atoms with E-state index in [0.29, 0.717) is 10.8 Å². The number of aromatic nitrogens is 1. The van der Waals surface area contributed by atoms with Crippen molar-refractivity contribution in [3.05, 3.63) is 38.0 Å². The Balaban J connectivity index is 1.50. The minimum absolute atomic E-state index is 0.488. The van der Waals surface area contributed by atoms with Crippen LogP contribution in [0.5, 0.6) is 0 Å². The summed E-state index contributed by atoms with van der Waals surface area (Å²) in [4.78, 5) is 18.7. The number of likely N-dealkylation sites (tertiary alicyclic amines) is 1. The zero-order chi connectivity index (χ0) is 16.2. The minimum atomic E-state index is -0.805. The van der Waals surface area contributed by atoms with Gasteiger partial charge in [-0.25, -0.2) is 9.78 Å². The average Bonchev–Trinajstić information content (AvgIpc) is 3.18. The molecule has 1 aliphatic rings. The molecule has 1 N–H and O–H groups in total. The van der Waals surface area contributed by atoms with Gasteiger partial charge in [0.05, 0.1) is 10.7 Å². The van der Waals surface area contributed by atoms with Crippen LogP contribution in [-0.4, -0.2) is 34.0 Å². The van der Waals surface area contributed by atoms with Crippen molar-refractivity contribution in [2.75, 3.05) is 13.1 Å². The summed E-state index contributed by atoms with van der Waals surface area (Å²) in [5.74, 6) is -0.0936. The summed E-state index contributed by atoms with van der Waals surface area (Å²) >= 11 is 3.11. The quantitative estimate of drug-likeness (QED) is 0.858. The Bertz CT molecular complexity index is 657. The highest BCUT2D eigenvalue weighted by atomic mass is 32.1. The second-order valence-electron chi connectivity index (χ2n) is 6.09. The fraction of sp³-hybridized carbons (Fsp3) is 0.529. The van der Waals surface area contributed by atoms with Gasteiger partial charge in [-0.15, -0.1) is 22.7 Å². The predicted octanol–water partition coefficient (Wildman–Crippen LogP) is 3.92. The van der Waals surface area contributed by atoms with E-state index < -0.39 is 5.97 Å². The van der Waals surface area contributed by atoms with Crippen LogP contribution in [0.25, 0.3) is 0 Å². The molecule has 0 radical (unpaired) electrons. The van der Waals surface area contributed by atoms with Gasteiger partial charge in [-0.2, -0.15) is 0 Å². The van der Waals surface area contributed by atoms with Crippen LogP contribution in [0.2, 0.25) is 0 Å². The molecule has 2 aromatic heterocycles. The number of carbonyl (C=O) groups is 1. The third kappa shape index (κ3) is 4.19. The highest BCUT2D eigenvalue weighted by Crippen LogP contribution is 2.26. The van der Waals surface area contributed by atoms with Crippen LogP contribution in [0.3, 0.4) is 0 Å². The Hall–Kier alpha value is -1.24. The van der Waals surface area contributed by atoms with E-state index in [-0.39, 0.29) is 0 Å². The molecule has 1 fully saturated rings. The van der Waals surface area contributed by atoms with E-state index in [1.165, 1.54) is 34.9 Å². The number of nitrogens with zero attached hydrogens (tertiary/aromatic N) is 2. The normalized spacial score (nSPS) is 16.7. The number of carboxylic acid groups (broad SMARTS) is 1. The van der Waals surface area contributed by atoms with E-state index in [9.17, 15) is 9.90 Å². The lowest BCUT2D eigenvalue weighted by atomic mass is 9.93. The number of aromatic carboxylic acids is 1. The highest BCUT2D eigenvalue weighted by molar-refractivity contribution is 7.12. The average molecular weight is 351 g/mol. The number of aryl methyl sites for hydroxylation is 1. The van der Waals surface area contributed by atoms with Gasteiger partial charge < -0.3 is 5.11 Å². The largest absolute Gasteiger partial charge is 0.477 e. The first-order valence-corrected chi connectivity index (χ1v) is 9.87. The van der Waals surface area contributed by atoms with Crippen LogP contribution >= 0.6 is 22.7 Å². The maximum Gasteiger partial charge on any atom is 0.346 e. The summed E-state index contributed by atoms with van der Waals surface area (Å²) in [6.45, 7) is 5.00. The maximum absolute atomic E-state index is 11.2. The molecule has 3 heterocycles. The summed E-state index contributed by atoms with van der Waals surface area (Å²) in [7, 11) is 0. The molecule has 0 bridgehead atoms. The number of thiazole rings is 1. The molecule has 0 saturated carbocycles. The molecule has 124 valence electrons. The van der Waals surface area contributed by atoms with E-state index in [1.54, 1.807) is 11.3 Å². The first kappa shape index (κ1) is 16.6. The zero-order valence-electron chi connectivity index (χ0n) is 13.3. The summed E-state index contributed by atoms with van der Waals surface area (Å²) < 4.78 is 0. The molecule has 0 aromatic carbocycles. The van der Waals surface area contributed by atoms with Gasteiger partial charge in [0.2, 0.25) is 0 Å². The van der Waals surface area contributed by atoms with Gasteiger partial charge in [0.1, 0.15) is 4.88 Å². The highest BCUT2D eigenvalue weighted by Gasteiger charge is 2.22. The molecule has 1 aliphatic heterocycles. The molecular formula is C17H22N2O2S2. The van der Waals surface area contributed by atoms with Gasteiger partial charge in [0.15, 0.2) is 0 Å². The summed E-state index contributed by atoms with van der Waals surface area (Å²) in [5.41, 5.74) is 2.16. The molecular weight excluding hydrogens is 328 g/mol. The van der Waals surface area contributed by atoms with Crippen molar-refractivity contribution in [2.24, 2.45) is 5.92 Å². The maximum atomic E-state index is 11.2. The molecule has 2 aromatic rings. The number of hydrogen-bond donors (Lipinski definition) is 1. The summed E-state index contributed by atoms with van der Waals surface area (Å²) in [5, 5.41) is 14.5. The van der Waals surface area contributed by atoms with E-state index in [4.69, 9.17) is 0 Å². The van der Waals surface area contributed by atoms with Crippen molar-refractivity contribution in [3.63, 3.8) is 0 Å². The van der Waals surface area contributed by atoms with E-state index >= 15 is 0 Å². The molecule has 0 aliphatic carbocycles. The van der Waals surface area contributed by atoms with Gasteiger partial charge in [0, 0.05) is 18.3 Å².